The van der Waals surface area contributed by atoms with Gasteiger partial charge in [-0.15, -0.1) is 0 Å². The lowest BCUT2D eigenvalue weighted by molar-refractivity contribution is 0.0623. The van der Waals surface area contributed by atoms with Crippen molar-refractivity contribution in [3.05, 3.63) is 58.1 Å². The second-order valence-corrected chi connectivity index (χ2v) is 6.99. The number of hydrogen-bond donors (Lipinski definition) is 1. The molecular weight excluding hydrogens is 389 g/mol. The Balaban J connectivity index is 1.36. The summed E-state index contributed by atoms with van der Waals surface area (Å²) in [5.74, 6) is -0.230. The number of benzene rings is 1. The average Bonchev–Trinajstić information content (AvgIpc) is 3.14. The molecule has 2 aromatic heterocycles. The van der Waals surface area contributed by atoms with E-state index in [-0.39, 0.29) is 11.7 Å². The Morgan fingerprint density at radius 3 is 2.56 bits per heavy atom. The van der Waals surface area contributed by atoms with E-state index in [1.165, 1.54) is 12.1 Å². The highest BCUT2D eigenvalue weighted by atomic mass is 79.9. The van der Waals surface area contributed by atoms with Gasteiger partial charge in [0.15, 0.2) is 10.3 Å². The van der Waals surface area contributed by atoms with Gasteiger partial charge in [0.05, 0.1) is 5.52 Å². The maximum atomic E-state index is 13.0. The van der Waals surface area contributed by atoms with Gasteiger partial charge in [0.25, 0.3) is 5.91 Å². The number of amides is 1. The molecule has 0 aliphatic carbocycles. The molecule has 1 aliphatic heterocycles. The Hall–Kier alpha value is -2.12. The molecule has 0 radical (unpaired) electrons. The summed E-state index contributed by atoms with van der Waals surface area (Å²) in [5, 5.41) is 0. The molecule has 1 aliphatic rings. The number of nitrogens with one attached hydrogen (secondary N) is 1. The van der Waals surface area contributed by atoms with Crippen molar-refractivity contribution in [3.63, 3.8) is 0 Å². The van der Waals surface area contributed by atoms with Gasteiger partial charge in [-0.25, -0.2) is 4.39 Å². The molecule has 0 saturated carbocycles. The highest BCUT2D eigenvalue weighted by molar-refractivity contribution is 9.10. The molecule has 3 heterocycles. The van der Waals surface area contributed by atoms with E-state index in [4.69, 9.17) is 4.42 Å². The zero-order valence-corrected chi connectivity index (χ0v) is 15.1. The second-order valence-electron chi connectivity index (χ2n) is 6.21. The predicted molar refractivity (Wildman–Crippen MR) is 95.8 cm³/mol. The van der Waals surface area contributed by atoms with E-state index >= 15 is 0 Å². The second kappa shape index (κ2) is 6.65. The SMILES string of the molecule is O=C(c1cc2oc(Br)cc2[nH]1)N1CCN(Cc2ccc(F)cc2)CC1. The van der Waals surface area contributed by atoms with Crippen molar-refractivity contribution in [2.24, 2.45) is 0 Å². The van der Waals surface area contributed by atoms with Crippen molar-refractivity contribution in [2.75, 3.05) is 26.2 Å². The summed E-state index contributed by atoms with van der Waals surface area (Å²) in [6, 6.07) is 10.1. The third-order valence-electron chi connectivity index (χ3n) is 4.48. The Morgan fingerprint density at radius 1 is 1.16 bits per heavy atom. The number of H-pyrrole nitrogens is 1. The Labute approximate surface area is 152 Å². The molecule has 1 N–H and O–H groups in total. The summed E-state index contributed by atoms with van der Waals surface area (Å²) in [4.78, 5) is 19.9. The first kappa shape index (κ1) is 16.4. The van der Waals surface area contributed by atoms with Crippen LogP contribution in [0, 0.1) is 5.82 Å². The van der Waals surface area contributed by atoms with Gasteiger partial charge < -0.3 is 14.3 Å². The normalized spacial score (nSPS) is 15.8. The van der Waals surface area contributed by atoms with Crippen molar-refractivity contribution in [3.8, 4) is 0 Å². The molecule has 25 heavy (non-hydrogen) atoms. The van der Waals surface area contributed by atoms with Gasteiger partial charge in [-0.3, -0.25) is 9.69 Å². The van der Waals surface area contributed by atoms with Crippen LogP contribution in [0.2, 0.25) is 0 Å². The number of carbonyl (C=O) groups excluding carboxylic acids is 1. The minimum absolute atomic E-state index is 0.0102. The number of rotatable bonds is 3. The molecule has 1 aromatic carbocycles. The maximum absolute atomic E-state index is 13.0. The standard InChI is InChI=1S/C18H17BrFN3O2/c19-17-10-14-16(25-17)9-15(21-14)18(24)23-7-5-22(6-8-23)11-12-1-3-13(20)4-2-12/h1-4,9-10,21H,5-8,11H2. The average molecular weight is 406 g/mol. The first-order chi connectivity index (χ1) is 12.1. The molecular formula is C18H17BrFN3O2. The molecule has 1 saturated heterocycles. The summed E-state index contributed by atoms with van der Waals surface area (Å²) in [6.07, 6.45) is 0. The quantitative estimate of drug-likeness (QED) is 0.723. The molecule has 0 spiro atoms. The number of aromatic amines is 1. The van der Waals surface area contributed by atoms with Gasteiger partial charge >= 0.3 is 0 Å². The van der Waals surface area contributed by atoms with Gasteiger partial charge in [0, 0.05) is 44.9 Å². The molecule has 0 atom stereocenters. The summed E-state index contributed by atoms with van der Waals surface area (Å²) in [7, 11) is 0. The van der Waals surface area contributed by atoms with Crippen LogP contribution >= 0.6 is 15.9 Å². The van der Waals surface area contributed by atoms with E-state index in [0.29, 0.717) is 29.0 Å². The lowest BCUT2D eigenvalue weighted by atomic mass is 10.2. The fourth-order valence-electron chi connectivity index (χ4n) is 3.13. The van der Waals surface area contributed by atoms with Gasteiger partial charge in [-0.1, -0.05) is 12.1 Å². The van der Waals surface area contributed by atoms with Crippen LogP contribution in [0.25, 0.3) is 11.1 Å². The highest BCUT2D eigenvalue weighted by Gasteiger charge is 2.24. The number of nitrogens with zero attached hydrogens (tertiary/aromatic N) is 2. The van der Waals surface area contributed by atoms with Crippen LogP contribution < -0.4 is 0 Å². The topological polar surface area (TPSA) is 52.5 Å². The third kappa shape index (κ3) is 3.48. The fraction of sp³-hybridized carbons (Fsp3) is 0.278. The zero-order chi connectivity index (χ0) is 17.4. The lowest BCUT2D eigenvalue weighted by Gasteiger charge is -2.34. The van der Waals surface area contributed by atoms with E-state index in [1.807, 2.05) is 11.0 Å². The molecule has 7 heteroatoms. The Morgan fingerprint density at radius 2 is 1.88 bits per heavy atom. The van der Waals surface area contributed by atoms with Crippen LogP contribution in [0.1, 0.15) is 16.1 Å². The van der Waals surface area contributed by atoms with E-state index < -0.39 is 0 Å². The third-order valence-corrected chi connectivity index (χ3v) is 4.88. The van der Waals surface area contributed by atoms with Gasteiger partial charge in [-0.05, 0) is 33.6 Å². The minimum Gasteiger partial charge on any atom is -0.448 e. The molecule has 5 nitrogen and oxygen atoms in total. The van der Waals surface area contributed by atoms with Crippen LogP contribution in [-0.4, -0.2) is 46.9 Å². The molecule has 3 aromatic rings. The minimum atomic E-state index is -0.220. The molecule has 1 fully saturated rings. The Bertz CT molecular complexity index is 863. The lowest BCUT2D eigenvalue weighted by Crippen LogP contribution is -2.48. The van der Waals surface area contributed by atoms with Crippen molar-refractivity contribution >= 4 is 32.9 Å². The first-order valence-electron chi connectivity index (χ1n) is 8.12. The fourth-order valence-corrected chi connectivity index (χ4v) is 3.54. The van der Waals surface area contributed by atoms with Gasteiger partial charge in [-0.2, -0.15) is 0 Å². The largest absolute Gasteiger partial charge is 0.448 e. The predicted octanol–water partition coefficient (Wildman–Crippen LogP) is 3.62. The van der Waals surface area contributed by atoms with Crippen molar-refractivity contribution in [1.82, 2.24) is 14.8 Å². The molecule has 130 valence electrons. The van der Waals surface area contributed by atoms with Crippen LogP contribution in [0.4, 0.5) is 4.39 Å². The summed E-state index contributed by atoms with van der Waals surface area (Å²) in [6.45, 7) is 3.71. The monoisotopic (exact) mass is 405 g/mol. The molecule has 1 amide bonds. The maximum Gasteiger partial charge on any atom is 0.270 e. The van der Waals surface area contributed by atoms with Gasteiger partial charge in [0.2, 0.25) is 0 Å². The smallest absolute Gasteiger partial charge is 0.270 e. The number of carbonyl (C=O) groups is 1. The number of fused-ring (bicyclic) bond motifs is 1. The number of halogens is 2. The number of furan rings is 1. The van der Waals surface area contributed by atoms with E-state index in [9.17, 15) is 9.18 Å². The van der Waals surface area contributed by atoms with E-state index in [0.717, 1.165) is 30.7 Å². The van der Waals surface area contributed by atoms with Crippen LogP contribution in [-0.2, 0) is 6.54 Å². The number of piperazine rings is 1. The zero-order valence-electron chi connectivity index (χ0n) is 13.5. The summed E-state index contributed by atoms with van der Waals surface area (Å²) < 4.78 is 19.1. The Kier molecular flexibility index (Phi) is 4.35. The molecule has 4 rings (SSSR count). The number of hydrogen-bond acceptors (Lipinski definition) is 3. The van der Waals surface area contributed by atoms with Gasteiger partial charge in [0.1, 0.15) is 11.5 Å². The van der Waals surface area contributed by atoms with Crippen molar-refractivity contribution in [2.45, 2.75) is 6.54 Å². The van der Waals surface area contributed by atoms with E-state index in [1.54, 1.807) is 18.2 Å². The van der Waals surface area contributed by atoms with Crippen LogP contribution in [0.5, 0.6) is 0 Å². The van der Waals surface area contributed by atoms with Crippen LogP contribution in [0.15, 0.2) is 45.5 Å². The highest BCUT2D eigenvalue weighted by Crippen LogP contribution is 2.24. The summed E-state index contributed by atoms with van der Waals surface area (Å²) >= 11 is 3.27. The van der Waals surface area contributed by atoms with E-state index in [2.05, 4.69) is 25.8 Å². The van der Waals surface area contributed by atoms with Crippen molar-refractivity contribution < 1.29 is 13.6 Å². The summed E-state index contributed by atoms with van der Waals surface area (Å²) in [5.41, 5.74) is 3.11. The number of aromatic nitrogens is 1. The first-order valence-corrected chi connectivity index (χ1v) is 8.92. The molecule has 0 bridgehead atoms. The molecule has 0 unspecified atom stereocenters. The van der Waals surface area contributed by atoms with Crippen molar-refractivity contribution in [1.29, 1.82) is 0 Å². The van der Waals surface area contributed by atoms with Crippen LogP contribution in [0.3, 0.4) is 0 Å².